The number of thioether (sulfide) groups is 1. The van der Waals surface area contributed by atoms with E-state index in [0.29, 0.717) is 11.2 Å². The highest BCUT2D eigenvalue weighted by Gasteiger charge is 2.31. The van der Waals surface area contributed by atoms with Crippen LogP contribution in [-0.4, -0.2) is 37.0 Å². The summed E-state index contributed by atoms with van der Waals surface area (Å²) >= 11 is 1.94. The van der Waals surface area contributed by atoms with E-state index < -0.39 is 0 Å². The fraction of sp³-hybridized carbons (Fsp3) is 0.923. The van der Waals surface area contributed by atoms with Crippen molar-refractivity contribution < 1.29 is 4.79 Å². The van der Waals surface area contributed by atoms with Crippen molar-refractivity contribution in [1.29, 1.82) is 0 Å². The smallest absolute Gasteiger partial charge is 0.220 e. The molecule has 0 aromatic rings. The van der Waals surface area contributed by atoms with Gasteiger partial charge in [0.05, 0.1) is 0 Å². The number of amides is 1. The molecule has 1 saturated carbocycles. The molecule has 1 fully saturated rings. The second-order valence-corrected chi connectivity index (χ2v) is 6.21. The van der Waals surface area contributed by atoms with Crippen LogP contribution in [0.2, 0.25) is 0 Å². The maximum absolute atomic E-state index is 11.7. The highest BCUT2D eigenvalue weighted by atomic mass is 32.2. The van der Waals surface area contributed by atoms with E-state index in [2.05, 4.69) is 16.9 Å². The topological polar surface area (TPSA) is 41.1 Å². The average molecular weight is 258 g/mol. The van der Waals surface area contributed by atoms with Gasteiger partial charge in [0.15, 0.2) is 0 Å². The zero-order valence-corrected chi connectivity index (χ0v) is 12.0. The molecule has 0 unspecified atom stereocenters. The van der Waals surface area contributed by atoms with Crippen LogP contribution in [0.4, 0.5) is 0 Å². The Morgan fingerprint density at radius 3 is 2.59 bits per heavy atom. The summed E-state index contributed by atoms with van der Waals surface area (Å²) in [6, 6.07) is 0. The molecule has 1 amide bonds. The van der Waals surface area contributed by atoms with Crippen LogP contribution in [0.15, 0.2) is 0 Å². The van der Waals surface area contributed by atoms with Crippen LogP contribution in [0.5, 0.6) is 0 Å². The fourth-order valence-corrected chi connectivity index (χ4v) is 3.34. The predicted octanol–water partition coefficient (Wildman–Crippen LogP) is 2.17. The van der Waals surface area contributed by atoms with Gasteiger partial charge in [-0.1, -0.05) is 19.3 Å². The van der Waals surface area contributed by atoms with Gasteiger partial charge < -0.3 is 10.6 Å². The summed E-state index contributed by atoms with van der Waals surface area (Å²) in [6.45, 7) is 1.77. The monoisotopic (exact) mass is 258 g/mol. The maximum Gasteiger partial charge on any atom is 0.220 e. The first kappa shape index (κ1) is 14.8. The first-order valence-electron chi connectivity index (χ1n) is 6.69. The minimum Gasteiger partial charge on any atom is -0.355 e. The predicted molar refractivity (Wildman–Crippen MR) is 75.5 cm³/mol. The van der Waals surface area contributed by atoms with Gasteiger partial charge in [0.1, 0.15) is 0 Å². The van der Waals surface area contributed by atoms with E-state index in [4.69, 9.17) is 0 Å². The van der Waals surface area contributed by atoms with Gasteiger partial charge in [0.2, 0.25) is 5.91 Å². The lowest BCUT2D eigenvalue weighted by Crippen LogP contribution is -2.41. The summed E-state index contributed by atoms with van der Waals surface area (Å²) in [6.07, 6.45) is 10.2. The lowest BCUT2D eigenvalue weighted by atomic mass is 9.88. The summed E-state index contributed by atoms with van der Waals surface area (Å²) in [5, 5.41) is 6.18. The number of nitrogens with one attached hydrogen (secondary N) is 2. The van der Waals surface area contributed by atoms with E-state index in [-0.39, 0.29) is 5.91 Å². The molecule has 0 aromatic heterocycles. The van der Waals surface area contributed by atoms with Gasteiger partial charge in [-0.3, -0.25) is 4.79 Å². The third-order valence-corrected chi connectivity index (χ3v) is 5.05. The molecular weight excluding hydrogens is 232 g/mol. The molecule has 1 rings (SSSR count). The average Bonchev–Trinajstić information content (AvgIpc) is 2.38. The standard InChI is InChI=1S/C13H26N2OS/c1-14-10-6-7-12(16)15-11-13(17-2)8-4-3-5-9-13/h14H,3-11H2,1-2H3,(H,15,16). The van der Waals surface area contributed by atoms with E-state index in [0.717, 1.165) is 19.5 Å². The SMILES string of the molecule is CNCCCC(=O)NCC1(SC)CCCCC1. The largest absolute Gasteiger partial charge is 0.355 e. The van der Waals surface area contributed by atoms with Gasteiger partial charge in [-0.05, 0) is 39.1 Å². The molecule has 2 N–H and O–H groups in total. The van der Waals surface area contributed by atoms with Gasteiger partial charge in [0.25, 0.3) is 0 Å². The zero-order chi connectivity index (χ0) is 12.6. The lowest BCUT2D eigenvalue weighted by molar-refractivity contribution is -0.121. The third kappa shape index (κ3) is 5.30. The summed E-state index contributed by atoms with van der Waals surface area (Å²) in [5.74, 6) is 0.208. The van der Waals surface area contributed by atoms with E-state index in [1.807, 2.05) is 18.8 Å². The zero-order valence-electron chi connectivity index (χ0n) is 11.2. The van der Waals surface area contributed by atoms with Gasteiger partial charge in [-0.2, -0.15) is 11.8 Å². The van der Waals surface area contributed by atoms with Crippen LogP contribution in [0.3, 0.4) is 0 Å². The van der Waals surface area contributed by atoms with E-state index in [1.54, 1.807) is 0 Å². The van der Waals surface area contributed by atoms with Crippen LogP contribution in [0, 0.1) is 0 Å². The Morgan fingerprint density at radius 1 is 1.29 bits per heavy atom. The Morgan fingerprint density at radius 2 is 2.00 bits per heavy atom. The quantitative estimate of drug-likeness (QED) is 0.688. The lowest BCUT2D eigenvalue weighted by Gasteiger charge is -2.35. The molecule has 1 aliphatic rings. The van der Waals surface area contributed by atoms with Crippen molar-refractivity contribution in [3.8, 4) is 0 Å². The maximum atomic E-state index is 11.7. The first-order chi connectivity index (χ1) is 8.22. The van der Waals surface area contributed by atoms with Gasteiger partial charge in [-0.15, -0.1) is 0 Å². The van der Waals surface area contributed by atoms with Crippen LogP contribution in [-0.2, 0) is 4.79 Å². The van der Waals surface area contributed by atoms with E-state index in [1.165, 1.54) is 32.1 Å². The Kier molecular flexibility index (Phi) is 6.97. The van der Waals surface area contributed by atoms with Gasteiger partial charge in [-0.25, -0.2) is 0 Å². The number of carbonyl (C=O) groups excluding carboxylic acids is 1. The van der Waals surface area contributed by atoms with Crippen molar-refractivity contribution in [3.63, 3.8) is 0 Å². The number of hydrogen-bond acceptors (Lipinski definition) is 3. The summed E-state index contributed by atoms with van der Waals surface area (Å²) in [7, 11) is 1.92. The molecule has 0 spiro atoms. The van der Waals surface area contributed by atoms with Crippen molar-refractivity contribution in [3.05, 3.63) is 0 Å². The molecular formula is C13H26N2OS. The second-order valence-electron chi connectivity index (χ2n) is 4.93. The Bertz CT molecular complexity index is 227. The van der Waals surface area contributed by atoms with E-state index in [9.17, 15) is 4.79 Å². The van der Waals surface area contributed by atoms with Crippen molar-refractivity contribution in [2.45, 2.75) is 49.7 Å². The van der Waals surface area contributed by atoms with Crippen LogP contribution >= 0.6 is 11.8 Å². The second kappa shape index (κ2) is 7.98. The van der Waals surface area contributed by atoms with E-state index >= 15 is 0 Å². The molecule has 0 heterocycles. The molecule has 17 heavy (non-hydrogen) atoms. The molecule has 100 valence electrons. The fourth-order valence-electron chi connectivity index (χ4n) is 2.42. The minimum absolute atomic E-state index is 0.208. The molecule has 4 heteroatoms. The van der Waals surface area contributed by atoms with Crippen molar-refractivity contribution in [2.75, 3.05) is 26.4 Å². The van der Waals surface area contributed by atoms with Crippen LogP contribution < -0.4 is 10.6 Å². The molecule has 3 nitrogen and oxygen atoms in total. The van der Waals surface area contributed by atoms with Gasteiger partial charge >= 0.3 is 0 Å². The van der Waals surface area contributed by atoms with Crippen molar-refractivity contribution in [2.24, 2.45) is 0 Å². The van der Waals surface area contributed by atoms with Crippen molar-refractivity contribution >= 4 is 17.7 Å². The molecule has 0 aliphatic heterocycles. The highest BCUT2D eigenvalue weighted by molar-refractivity contribution is 8.00. The Balaban J connectivity index is 2.24. The summed E-state index contributed by atoms with van der Waals surface area (Å²) in [5.41, 5.74) is 0. The third-order valence-electron chi connectivity index (χ3n) is 3.64. The highest BCUT2D eigenvalue weighted by Crippen LogP contribution is 2.37. The Hall–Kier alpha value is -0.220. The summed E-state index contributed by atoms with van der Waals surface area (Å²) in [4.78, 5) is 11.7. The number of carbonyl (C=O) groups is 1. The van der Waals surface area contributed by atoms with Gasteiger partial charge in [0, 0.05) is 17.7 Å². The van der Waals surface area contributed by atoms with Crippen molar-refractivity contribution in [1.82, 2.24) is 10.6 Å². The molecule has 0 bridgehead atoms. The molecule has 0 atom stereocenters. The minimum atomic E-state index is 0.208. The first-order valence-corrected chi connectivity index (χ1v) is 7.91. The van der Waals surface area contributed by atoms with Crippen LogP contribution in [0.25, 0.3) is 0 Å². The summed E-state index contributed by atoms with van der Waals surface area (Å²) < 4.78 is 0.316. The molecule has 0 aromatic carbocycles. The normalized spacial score (nSPS) is 18.9. The molecule has 0 saturated heterocycles. The number of hydrogen-bond donors (Lipinski definition) is 2. The Labute approximate surface area is 109 Å². The number of rotatable bonds is 7. The van der Waals surface area contributed by atoms with Crippen LogP contribution in [0.1, 0.15) is 44.9 Å². The molecule has 1 aliphatic carbocycles. The molecule has 0 radical (unpaired) electrons.